The van der Waals surface area contributed by atoms with Crippen molar-refractivity contribution < 1.29 is 17.6 Å². The number of nitrogens with one attached hydrogen (secondary N) is 1. The summed E-state index contributed by atoms with van der Waals surface area (Å²) in [7, 11) is -3.73. The van der Waals surface area contributed by atoms with Gasteiger partial charge in [-0.05, 0) is 49.2 Å². The molecule has 9 heteroatoms. The molecule has 0 fully saturated rings. The molecule has 0 spiro atoms. The summed E-state index contributed by atoms with van der Waals surface area (Å²) >= 11 is 7.15. The SMILES string of the molecule is C=C(C)c1ccc(N2CC=C(NS(=O)(=O)CCc3ccc(Cl)s3)C2=O)c(F)c1. The number of hydrogen-bond donors (Lipinski definition) is 1. The van der Waals surface area contributed by atoms with E-state index in [1.165, 1.54) is 34.4 Å². The highest BCUT2D eigenvalue weighted by molar-refractivity contribution is 7.89. The quantitative estimate of drug-likeness (QED) is 0.708. The molecule has 0 aliphatic carbocycles. The minimum atomic E-state index is -3.73. The monoisotopic (exact) mass is 440 g/mol. The molecule has 1 aliphatic heterocycles. The van der Waals surface area contributed by atoms with E-state index in [-0.39, 0.29) is 30.1 Å². The first-order valence-corrected chi connectivity index (χ1v) is 11.2. The number of rotatable bonds is 7. The van der Waals surface area contributed by atoms with Gasteiger partial charge in [0.1, 0.15) is 11.5 Å². The van der Waals surface area contributed by atoms with Crippen LogP contribution < -0.4 is 9.62 Å². The van der Waals surface area contributed by atoms with Crippen LogP contribution in [0.3, 0.4) is 0 Å². The number of thiophene rings is 1. The van der Waals surface area contributed by atoms with Gasteiger partial charge in [0.15, 0.2) is 0 Å². The van der Waals surface area contributed by atoms with Crippen LogP contribution in [0.4, 0.5) is 10.1 Å². The van der Waals surface area contributed by atoms with Crippen LogP contribution >= 0.6 is 22.9 Å². The molecule has 2 heterocycles. The number of aryl methyl sites for hydroxylation is 1. The summed E-state index contributed by atoms with van der Waals surface area (Å²) in [5.41, 5.74) is 1.36. The number of benzene rings is 1. The third kappa shape index (κ3) is 4.63. The lowest BCUT2D eigenvalue weighted by atomic mass is 10.1. The predicted octanol–water partition coefficient (Wildman–Crippen LogP) is 3.97. The Morgan fingerprint density at radius 1 is 1.36 bits per heavy atom. The Labute approximate surface area is 172 Å². The van der Waals surface area contributed by atoms with E-state index in [0.717, 1.165) is 4.88 Å². The van der Waals surface area contributed by atoms with Crippen molar-refractivity contribution in [2.45, 2.75) is 13.3 Å². The second-order valence-electron chi connectivity index (χ2n) is 6.36. The molecule has 148 valence electrons. The highest BCUT2D eigenvalue weighted by Crippen LogP contribution is 2.27. The highest BCUT2D eigenvalue weighted by atomic mass is 35.5. The molecule has 1 N–H and O–H groups in total. The van der Waals surface area contributed by atoms with E-state index in [1.807, 2.05) is 0 Å². The molecule has 1 aromatic carbocycles. The Morgan fingerprint density at radius 2 is 2.11 bits per heavy atom. The average Bonchev–Trinajstić information content (AvgIpc) is 3.19. The van der Waals surface area contributed by atoms with E-state index in [2.05, 4.69) is 11.3 Å². The van der Waals surface area contributed by atoms with Crippen molar-refractivity contribution >= 4 is 50.1 Å². The molecule has 0 saturated carbocycles. The number of carbonyl (C=O) groups excluding carboxylic acids is 1. The molecule has 3 rings (SSSR count). The van der Waals surface area contributed by atoms with Crippen LogP contribution in [0.5, 0.6) is 0 Å². The van der Waals surface area contributed by atoms with Crippen molar-refractivity contribution in [1.82, 2.24) is 4.72 Å². The second kappa shape index (κ2) is 8.06. The molecule has 0 saturated heterocycles. The normalized spacial score (nSPS) is 14.3. The maximum Gasteiger partial charge on any atom is 0.275 e. The number of nitrogens with zero attached hydrogens (tertiary/aromatic N) is 1. The molecule has 2 aromatic rings. The zero-order valence-electron chi connectivity index (χ0n) is 15.0. The molecule has 1 amide bonds. The maximum atomic E-state index is 14.4. The van der Waals surface area contributed by atoms with Gasteiger partial charge in [0.25, 0.3) is 5.91 Å². The van der Waals surface area contributed by atoms with Gasteiger partial charge in [-0.3, -0.25) is 9.52 Å². The van der Waals surface area contributed by atoms with Crippen LogP contribution in [-0.4, -0.2) is 26.6 Å². The van der Waals surface area contributed by atoms with Gasteiger partial charge in [-0.2, -0.15) is 0 Å². The molecule has 0 unspecified atom stereocenters. The van der Waals surface area contributed by atoms with E-state index in [0.29, 0.717) is 15.5 Å². The lowest BCUT2D eigenvalue weighted by Crippen LogP contribution is -2.34. The Bertz CT molecular complexity index is 1080. The minimum absolute atomic E-state index is 0.0763. The van der Waals surface area contributed by atoms with E-state index < -0.39 is 21.7 Å². The van der Waals surface area contributed by atoms with E-state index in [4.69, 9.17) is 11.6 Å². The zero-order chi connectivity index (χ0) is 20.5. The van der Waals surface area contributed by atoms with Crippen molar-refractivity contribution in [3.8, 4) is 0 Å². The number of allylic oxidation sites excluding steroid dienone is 1. The fourth-order valence-electron chi connectivity index (χ4n) is 2.72. The third-order valence-corrected chi connectivity index (χ3v) is 6.76. The lowest BCUT2D eigenvalue weighted by molar-refractivity contribution is -0.114. The number of halogens is 2. The minimum Gasteiger partial charge on any atom is -0.300 e. The van der Waals surface area contributed by atoms with Crippen molar-refractivity contribution in [2.24, 2.45) is 0 Å². The van der Waals surface area contributed by atoms with Crippen molar-refractivity contribution in [1.29, 1.82) is 0 Å². The molecular weight excluding hydrogens is 423 g/mol. The molecule has 5 nitrogen and oxygen atoms in total. The van der Waals surface area contributed by atoms with Gasteiger partial charge in [-0.25, -0.2) is 12.8 Å². The lowest BCUT2D eigenvalue weighted by Gasteiger charge is -2.18. The van der Waals surface area contributed by atoms with E-state index in [1.54, 1.807) is 25.1 Å². The summed E-state index contributed by atoms with van der Waals surface area (Å²) in [5.74, 6) is -1.35. The highest BCUT2D eigenvalue weighted by Gasteiger charge is 2.29. The van der Waals surface area contributed by atoms with Gasteiger partial charge in [0.05, 0.1) is 15.8 Å². The second-order valence-corrected chi connectivity index (χ2v) is 10.00. The number of anilines is 1. The standard InChI is InChI=1S/C19H18ClFN2O3S2/c1-12(2)13-3-5-17(15(21)11-13)23-9-7-16(19(23)24)22-28(25,26)10-8-14-4-6-18(20)27-14/h3-7,11,22H,1,8-10H2,2H3. The first-order chi connectivity index (χ1) is 13.2. The third-order valence-electron chi connectivity index (χ3n) is 4.20. The first-order valence-electron chi connectivity index (χ1n) is 8.38. The summed E-state index contributed by atoms with van der Waals surface area (Å²) in [5, 5.41) is 0. The summed E-state index contributed by atoms with van der Waals surface area (Å²) in [6.45, 7) is 5.60. The number of carbonyl (C=O) groups is 1. The molecule has 28 heavy (non-hydrogen) atoms. The molecule has 0 bridgehead atoms. The number of amides is 1. The summed E-state index contributed by atoms with van der Waals surface area (Å²) in [6.07, 6.45) is 1.73. The Hall–Kier alpha value is -2.16. The summed E-state index contributed by atoms with van der Waals surface area (Å²) in [4.78, 5) is 14.6. The fraction of sp³-hybridized carbons (Fsp3) is 0.211. The van der Waals surface area contributed by atoms with Crippen LogP contribution in [0.15, 0.2) is 48.7 Å². The van der Waals surface area contributed by atoms with Gasteiger partial charge in [-0.1, -0.05) is 29.8 Å². The number of hydrogen-bond acceptors (Lipinski definition) is 4. The maximum absolute atomic E-state index is 14.4. The van der Waals surface area contributed by atoms with Gasteiger partial charge in [0.2, 0.25) is 10.0 Å². The molecule has 1 aliphatic rings. The molecular formula is C19H18ClFN2O3S2. The summed E-state index contributed by atoms with van der Waals surface area (Å²) in [6, 6.07) is 7.93. The molecule has 1 aromatic heterocycles. The average molecular weight is 441 g/mol. The Balaban J connectivity index is 1.67. The van der Waals surface area contributed by atoms with Crippen LogP contribution in [-0.2, 0) is 21.2 Å². The molecule has 0 radical (unpaired) electrons. The van der Waals surface area contributed by atoms with Gasteiger partial charge in [0, 0.05) is 11.4 Å². The van der Waals surface area contributed by atoms with Crippen LogP contribution in [0.1, 0.15) is 17.4 Å². The zero-order valence-corrected chi connectivity index (χ0v) is 17.4. The smallest absolute Gasteiger partial charge is 0.275 e. The van der Waals surface area contributed by atoms with Gasteiger partial charge < -0.3 is 4.90 Å². The van der Waals surface area contributed by atoms with Gasteiger partial charge >= 0.3 is 0 Å². The van der Waals surface area contributed by atoms with Crippen LogP contribution in [0.2, 0.25) is 4.34 Å². The molecule has 0 atom stereocenters. The fourth-order valence-corrected chi connectivity index (χ4v) is 5.03. The van der Waals surface area contributed by atoms with Gasteiger partial charge in [-0.15, -0.1) is 11.3 Å². The van der Waals surface area contributed by atoms with Crippen molar-refractivity contribution in [3.05, 3.63) is 69.3 Å². The van der Waals surface area contributed by atoms with E-state index >= 15 is 0 Å². The van der Waals surface area contributed by atoms with Crippen molar-refractivity contribution in [3.63, 3.8) is 0 Å². The van der Waals surface area contributed by atoms with Crippen LogP contribution in [0.25, 0.3) is 5.57 Å². The predicted molar refractivity (Wildman–Crippen MR) is 111 cm³/mol. The first kappa shape index (κ1) is 20.6. The summed E-state index contributed by atoms with van der Waals surface area (Å²) < 4.78 is 41.9. The largest absolute Gasteiger partial charge is 0.300 e. The topological polar surface area (TPSA) is 66.5 Å². The number of sulfonamides is 1. The van der Waals surface area contributed by atoms with E-state index in [9.17, 15) is 17.6 Å². The van der Waals surface area contributed by atoms with Crippen LogP contribution in [0, 0.1) is 5.82 Å². The Morgan fingerprint density at radius 3 is 2.71 bits per heavy atom. The van der Waals surface area contributed by atoms with Crippen molar-refractivity contribution in [2.75, 3.05) is 17.2 Å². The Kier molecular flexibility index (Phi) is 5.92.